The molecule has 0 bridgehead atoms. The molecule has 0 radical (unpaired) electrons. The quantitative estimate of drug-likeness (QED) is 0.332. The molecule has 2 saturated heterocycles. The van der Waals surface area contributed by atoms with Gasteiger partial charge in [0.1, 0.15) is 0 Å². The van der Waals surface area contributed by atoms with Crippen LogP contribution in [0.15, 0.2) is 35.3 Å². The van der Waals surface area contributed by atoms with Gasteiger partial charge in [-0.2, -0.15) is 0 Å². The van der Waals surface area contributed by atoms with Crippen LogP contribution in [-0.4, -0.2) is 92.6 Å². The summed E-state index contributed by atoms with van der Waals surface area (Å²) >= 11 is 0. The van der Waals surface area contributed by atoms with E-state index in [0.717, 1.165) is 71.3 Å². The summed E-state index contributed by atoms with van der Waals surface area (Å²) < 4.78 is 5.93. The van der Waals surface area contributed by atoms with Crippen LogP contribution in [0.5, 0.6) is 0 Å². The van der Waals surface area contributed by atoms with Crippen molar-refractivity contribution in [1.82, 2.24) is 20.0 Å². The lowest BCUT2D eigenvalue weighted by Crippen LogP contribution is -2.50. The molecule has 2 aliphatic heterocycles. The number of nitrogens with zero attached hydrogens (tertiary/aromatic N) is 4. The first-order chi connectivity index (χ1) is 14.2. The number of nitrogens with one attached hydrogen (secondary N) is 1. The highest BCUT2D eigenvalue weighted by Crippen LogP contribution is 2.17. The molecule has 1 aromatic carbocycles. The van der Waals surface area contributed by atoms with Crippen molar-refractivity contribution < 1.29 is 9.53 Å². The van der Waals surface area contributed by atoms with Gasteiger partial charge in [-0.05, 0) is 12.0 Å². The maximum Gasteiger partial charge on any atom is 0.219 e. The van der Waals surface area contributed by atoms with E-state index in [2.05, 4.69) is 44.4 Å². The highest BCUT2D eigenvalue weighted by atomic mass is 127. The van der Waals surface area contributed by atoms with Crippen molar-refractivity contribution in [2.24, 2.45) is 10.9 Å². The SMILES string of the molecule is CN=C(NCCN1CCN(C(C)=O)CC1)N1CCC(COCc2ccccc2)C1.I. The summed E-state index contributed by atoms with van der Waals surface area (Å²) in [4.78, 5) is 22.6. The van der Waals surface area contributed by atoms with Gasteiger partial charge >= 0.3 is 0 Å². The second-order valence-electron chi connectivity index (χ2n) is 7.92. The first-order valence-electron chi connectivity index (χ1n) is 10.7. The molecule has 8 heteroatoms. The topological polar surface area (TPSA) is 60.4 Å². The van der Waals surface area contributed by atoms with E-state index < -0.39 is 0 Å². The molecule has 1 aromatic rings. The predicted octanol–water partition coefficient (Wildman–Crippen LogP) is 1.88. The van der Waals surface area contributed by atoms with Crippen molar-refractivity contribution in [3.05, 3.63) is 35.9 Å². The second-order valence-corrected chi connectivity index (χ2v) is 7.92. The number of guanidine groups is 1. The molecule has 3 rings (SSSR count). The van der Waals surface area contributed by atoms with Gasteiger partial charge in [0.05, 0.1) is 13.2 Å². The highest BCUT2D eigenvalue weighted by Gasteiger charge is 2.25. The number of carbonyl (C=O) groups excluding carboxylic acids is 1. The molecule has 0 aliphatic carbocycles. The van der Waals surface area contributed by atoms with E-state index in [9.17, 15) is 4.79 Å². The lowest BCUT2D eigenvalue weighted by molar-refractivity contribution is -0.130. The molecule has 1 unspecified atom stereocenters. The fourth-order valence-electron chi connectivity index (χ4n) is 4.02. The first-order valence-corrected chi connectivity index (χ1v) is 10.7. The third kappa shape index (κ3) is 7.70. The zero-order valence-electron chi connectivity index (χ0n) is 18.3. The van der Waals surface area contributed by atoms with Crippen molar-refractivity contribution >= 4 is 35.8 Å². The third-order valence-electron chi connectivity index (χ3n) is 5.79. The number of likely N-dealkylation sites (tertiary alicyclic amines) is 1. The summed E-state index contributed by atoms with van der Waals surface area (Å²) in [7, 11) is 1.85. The van der Waals surface area contributed by atoms with E-state index in [1.165, 1.54) is 5.56 Å². The van der Waals surface area contributed by atoms with Gasteiger partial charge in [0.2, 0.25) is 5.91 Å². The van der Waals surface area contributed by atoms with Gasteiger partial charge in [-0.1, -0.05) is 30.3 Å². The third-order valence-corrected chi connectivity index (χ3v) is 5.79. The van der Waals surface area contributed by atoms with E-state index in [1.807, 2.05) is 18.0 Å². The number of ether oxygens (including phenoxy) is 1. The van der Waals surface area contributed by atoms with Crippen LogP contribution in [0, 0.1) is 5.92 Å². The van der Waals surface area contributed by atoms with Crippen LogP contribution in [0.25, 0.3) is 0 Å². The summed E-state index contributed by atoms with van der Waals surface area (Å²) in [5.74, 6) is 1.72. The smallest absolute Gasteiger partial charge is 0.219 e. The number of piperazine rings is 1. The molecule has 0 spiro atoms. The molecule has 0 saturated carbocycles. The fourth-order valence-corrected chi connectivity index (χ4v) is 4.02. The summed E-state index contributed by atoms with van der Waals surface area (Å²) in [6.45, 7) is 10.6. The predicted molar refractivity (Wildman–Crippen MR) is 131 cm³/mol. The maximum atomic E-state index is 11.4. The van der Waals surface area contributed by atoms with Crippen LogP contribution in [0.1, 0.15) is 18.9 Å². The average molecular weight is 529 g/mol. The molecule has 168 valence electrons. The Labute approximate surface area is 197 Å². The van der Waals surface area contributed by atoms with Crippen molar-refractivity contribution in [2.45, 2.75) is 20.0 Å². The molecule has 1 N–H and O–H groups in total. The minimum atomic E-state index is 0. The minimum absolute atomic E-state index is 0. The number of hydrogen-bond acceptors (Lipinski definition) is 4. The van der Waals surface area contributed by atoms with Gasteiger partial charge in [0.15, 0.2) is 5.96 Å². The van der Waals surface area contributed by atoms with E-state index in [-0.39, 0.29) is 29.9 Å². The minimum Gasteiger partial charge on any atom is -0.376 e. The normalized spacial score (nSPS) is 20.2. The zero-order valence-corrected chi connectivity index (χ0v) is 20.6. The first kappa shape index (κ1) is 24.9. The number of carbonyl (C=O) groups is 1. The molecule has 2 heterocycles. The Morgan fingerprint density at radius 2 is 1.87 bits per heavy atom. The lowest BCUT2D eigenvalue weighted by atomic mass is 10.1. The van der Waals surface area contributed by atoms with E-state index in [1.54, 1.807) is 6.92 Å². The number of halogens is 1. The summed E-state index contributed by atoms with van der Waals surface area (Å²) in [5, 5.41) is 3.51. The van der Waals surface area contributed by atoms with Crippen LogP contribution in [0.3, 0.4) is 0 Å². The van der Waals surface area contributed by atoms with Crippen molar-refractivity contribution in [1.29, 1.82) is 0 Å². The van der Waals surface area contributed by atoms with Crippen molar-refractivity contribution in [2.75, 3.05) is 66.0 Å². The van der Waals surface area contributed by atoms with Crippen LogP contribution in [0.4, 0.5) is 0 Å². The number of benzene rings is 1. The van der Waals surface area contributed by atoms with Crippen LogP contribution in [-0.2, 0) is 16.1 Å². The second kappa shape index (κ2) is 13.1. The Morgan fingerprint density at radius 3 is 2.53 bits per heavy atom. The number of amides is 1. The molecule has 1 amide bonds. The molecule has 1 atom stereocenters. The largest absolute Gasteiger partial charge is 0.376 e. The molecule has 2 aliphatic rings. The van der Waals surface area contributed by atoms with Crippen LogP contribution in [0.2, 0.25) is 0 Å². The Bertz CT molecular complexity index is 665. The van der Waals surface area contributed by atoms with E-state index >= 15 is 0 Å². The maximum absolute atomic E-state index is 11.4. The number of rotatable bonds is 7. The summed E-state index contributed by atoms with van der Waals surface area (Å²) in [6.07, 6.45) is 1.14. The average Bonchev–Trinajstić information content (AvgIpc) is 3.21. The van der Waals surface area contributed by atoms with E-state index in [0.29, 0.717) is 12.5 Å². The van der Waals surface area contributed by atoms with Crippen molar-refractivity contribution in [3.63, 3.8) is 0 Å². The van der Waals surface area contributed by atoms with Crippen molar-refractivity contribution in [3.8, 4) is 0 Å². The van der Waals surface area contributed by atoms with Crippen LogP contribution < -0.4 is 5.32 Å². The highest BCUT2D eigenvalue weighted by molar-refractivity contribution is 14.0. The Hall–Kier alpha value is -1.39. The molecule has 7 nitrogen and oxygen atoms in total. The van der Waals surface area contributed by atoms with E-state index in [4.69, 9.17) is 4.74 Å². The van der Waals surface area contributed by atoms with Gasteiger partial charge in [0, 0.05) is 72.2 Å². The van der Waals surface area contributed by atoms with Gasteiger partial charge in [-0.15, -0.1) is 24.0 Å². The van der Waals surface area contributed by atoms with Gasteiger partial charge in [-0.3, -0.25) is 14.7 Å². The Morgan fingerprint density at radius 1 is 1.13 bits per heavy atom. The zero-order chi connectivity index (χ0) is 20.5. The fraction of sp³-hybridized carbons (Fsp3) is 0.636. The molecule has 0 aromatic heterocycles. The number of hydrogen-bond donors (Lipinski definition) is 1. The summed E-state index contributed by atoms with van der Waals surface area (Å²) in [6, 6.07) is 10.3. The summed E-state index contributed by atoms with van der Waals surface area (Å²) in [5.41, 5.74) is 1.23. The number of aliphatic imine (C=N–C) groups is 1. The molecule has 2 fully saturated rings. The van der Waals surface area contributed by atoms with Gasteiger partial charge < -0.3 is 19.9 Å². The Balaban J connectivity index is 0.00000320. The van der Waals surface area contributed by atoms with Gasteiger partial charge in [0.25, 0.3) is 0 Å². The monoisotopic (exact) mass is 529 g/mol. The van der Waals surface area contributed by atoms with Gasteiger partial charge in [-0.25, -0.2) is 0 Å². The molecular formula is C22H36IN5O2. The standard InChI is InChI=1S/C22H35N5O2.HI/c1-19(28)26-14-12-25(13-15-26)11-9-24-22(23-2)27-10-8-21(16-27)18-29-17-20-6-4-3-5-7-20;/h3-7,21H,8-18H2,1-2H3,(H,23,24);1H. The molecule has 30 heavy (non-hydrogen) atoms. The lowest BCUT2D eigenvalue weighted by Gasteiger charge is -2.34. The van der Waals surface area contributed by atoms with Crippen LogP contribution >= 0.6 is 24.0 Å². The molecular weight excluding hydrogens is 493 g/mol. The Kier molecular flexibility index (Phi) is 10.9.